The smallest absolute Gasteiger partial charge is 0.410 e. The van der Waals surface area contributed by atoms with E-state index < -0.39 is 5.60 Å². The Labute approximate surface area is 110 Å². The molecule has 104 valence electrons. The molecule has 0 radical (unpaired) electrons. The Bertz CT molecular complexity index is 320. The standard InChI is InChI=1S/C14H26N2O2/c1-10-9-16(13(17)18-14(3,4)5)11(2)8-15(10)12-6-7-12/h10-12H,6-9H2,1-5H3/t10-,11+/m1/s1. The van der Waals surface area contributed by atoms with Crippen LogP contribution in [0.5, 0.6) is 0 Å². The lowest BCUT2D eigenvalue weighted by molar-refractivity contribution is -0.0118. The zero-order valence-corrected chi connectivity index (χ0v) is 12.3. The summed E-state index contributed by atoms with van der Waals surface area (Å²) in [7, 11) is 0. The number of piperazine rings is 1. The summed E-state index contributed by atoms with van der Waals surface area (Å²) in [6.45, 7) is 11.8. The van der Waals surface area contributed by atoms with Gasteiger partial charge in [0.2, 0.25) is 0 Å². The Morgan fingerprint density at radius 3 is 2.22 bits per heavy atom. The lowest BCUT2D eigenvalue weighted by atomic mass is 10.1. The molecule has 2 rings (SSSR count). The second-order valence-electron chi connectivity index (χ2n) is 6.76. The fraction of sp³-hybridized carbons (Fsp3) is 0.929. The van der Waals surface area contributed by atoms with Crippen LogP contribution < -0.4 is 0 Å². The molecule has 2 atom stereocenters. The molecule has 18 heavy (non-hydrogen) atoms. The second kappa shape index (κ2) is 4.72. The van der Waals surface area contributed by atoms with Crippen molar-refractivity contribution >= 4 is 6.09 Å². The Hall–Kier alpha value is -0.770. The van der Waals surface area contributed by atoms with E-state index in [0.717, 1.165) is 19.1 Å². The van der Waals surface area contributed by atoms with Gasteiger partial charge in [0.15, 0.2) is 0 Å². The van der Waals surface area contributed by atoms with Gasteiger partial charge in [0.1, 0.15) is 5.60 Å². The molecule has 0 aromatic carbocycles. The predicted octanol–water partition coefficient (Wildman–Crippen LogP) is 2.48. The average Bonchev–Trinajstić information content (AvgIpc) is 3.01. The first-order valence-electron chi connectivity index (χ1n) is 7.03. The summed E-state index contributed by atoms with van der Waals surface area (Å²) in [5.41, 5.74) is -0.409. The molecule has 1 aliphatic heterocycles. The summed E-state index contributed by atoms with van der Waals surface area (Å²) in [5.74, 6) is 0. The largest absolute Gasteiger partial charge is 0.444 e. The maximum absolute atomic E-state index is 12.1. The van der Waals surface area contributed by atoms with Crippen molar-refractivity contribution in [1.29, 1.82) is 0 Å². The van der Waals surface area contributed by atoms with E-state index in [1.165, 1.54) is 12.8 Å². The highest BCUT2D eigenvalue weighted by Crippen LogP contribution is 2.31. The zero-order chi connectivity index (χ0) is 13.5. The molecule has 0 bridgehead atoms. The third-order valence-corrected chi connectivity index (χ3v) is 3.68. The SMILES string of the molecule is C[C@@H]1CN(C(=O)OC(C)(C)C)[C@@H](C)CN1C1CC1. The van der Waals surface area contributed by atoms with Crippen LogP contribution in [-0.4, -0.2) is 52.7 Å². The van der Waals surface area contributed by atoms with Gasteiger partial charge in [0.25, 0.3) is 0 Å². The van der Waals surface area contributed by atoms with Gasteiger partial charge < -0.3 is 9.64 Å². The summed E-state index contributed by atoms with van der Waals surface area (Å²) < 4.78 is 5.48. The molecule has 1 aliphatic carbocycles. The molecule has 4 nitrogen and oxygen atoms in total. The quantitative estimate of drug-likeness (QED) is 0.720. The van der Waals surface area contributed by atoms with E-state index in [4.69, 9.17) is 4.74 Å². The lowest BCUT2D eigenvalue weighted by Gasteiger charge is -2.44. The summed E-state index contributed by atoms with van der Waals surface area (Å²) >= 11 is 0. The monoisotopic (exact) mass is 254 g/mol. The Kier molecular flexibility index (Phi) is 3.58. The van der Waals surface area contributed by atoms with Gasteiger partial charge in [-0.25, -0.2) is 4.79 Å². The van der Waals surface area contributed by atoms with Crippen LogP contribution in [0, 0.1) is 0 Å². The Morgan fingerprint density at radius 2 is 1.72 bits per heavy atom. The van der Waals surface area contributed by atoms with Gasteiger partial charge in [-0.3, -0.25) is 4.90 Å². The summed E-state index contributed by atoms with van der Waals surface area (Å²) in [6.07, 6.45) is 2.48. The molecule has 1 saturated heterocycles. The number of rotatable bonds is 1. The highest BCUT2D eigenvalue weighted by Gasteiger charge is 2.40. The van der Waals surface area contributed by atoms with E-state index in [2.05, 4.69) is 18.7 Å². The van der Waals surface area contributed by atoms with Gasteiger partial charge in [0.05, 0.1) is 0 Å². The van der Waals surface area contributed by atoms with Gasteiger partial charge in [-0.2, -0.15) is 0 Å². The van der Waals surface area contributed by atoms with Crippen molar-refractivity contribution in [3.8, 4) is 0 Å². The minimum atomic E-state index is -0.409. The van der Waals surface area contributed by atoms with Crippen LogP contribution >= 0.6 is 0 Å². The molecule has 1 saturated carbocycles. The van der Waals surface area contributed by atoms with Crippen molar-refractivity contribution in [3.63, 3.8) is 0 Å². The molecular weight excluding hydrogens is 228 g/mol. The minimum Gasteiger partial charge on any atom is -0.444 e. The van der Waals surface area contributed by atoms with Crippen molar-refractivity contribution in [3.05, 3.63) is 0 Å². The topological polar surface area (TPSA) is 32.8 Å². The molecule has 1 heterocycles. The minimum absolute atomic E-state index is 0.169. The van der Waals surface area contributed by atoms with E-state index >= 15 is 0 Å². The van der Waals surface area contributed by atoms with Crippen molar-refractivity contribution in [2.45, 2.75) is 71.2 Å². The third-order valence-electron chi connectivity index (χ3n) is 3.68. The number of hydrogen-bond acceptors (Lipinski definition) is 3. The normalized spacial score (nSPS) is 30.4. The molecule has 0 N–H and O–H groups in total. The third kappa shape index (κ3) is 3.16. The predicted molar refractivity (Wildman–Crippen MR) is 71.6 cm³/mol. The molecular formula is C14H26N2O2. The molecule has 2 aliphatic rings. The fourth-order valence-electron chi connectivity index (χ4n) is 2.64. The van der Waals surface area contributed by atoms with Gasteiger partial charge in [-0.05, 0) is 47.5 Å². The van der Waals surface area contributed by atoms with E-state index in [9.17, 15) is 4.79 Å². The number of carbonyl (C=O) groups excluding carboxylic acids is 1. The Balaban J connectivity index is 1.95. The fourth-order valence-corrected chi connectivity index (χ4v) is 2.64. The number of nitrogens with zero attached hydrogens (tertiary/aromatic N) is 2. The number of carbonyl (C=O) groups is 1. The van der Waals surface area contributed by atoms with E-state index in [1.807, 2.05) is 25.7 Å². The molecule has 0 spiro atoms. The van der Waals surface area contributed by atoms with Crippen LogP contribution in [0.1, 0.15) is 47.5 Å². The van der Waals surface area contributed by atoms with E-state index in [0.29, 0.717) is 6.04 Å². The van der Waals surface area contributed by atoms with Crippen LogP contribution in [0.2, 0.25) is 0 Å². The van der Waals surface area contributed by atoms with Gasteiger partial charge in [-0.1, -0.05) is 0 Å². The van der Waals surface area contributed by atoms with Crippen LogP contribution in [-0.2, 0) is 4.74 Å². The molecule has 0 unspecified atom stereocenters. The van der Waals surface area contributed by atoms with Crippen molar-refractivity contribution in [1.82, 2.24) is 9.80 Å². The molecule has 0 aromatic rings. The van der Waals surface area contributed by atoms with Crippen LogP contribution in [0.3, 0.4) is 0 Å². The summed E-state index contributed by atoms with van der Waals surface area (Å²) in [5, 5.41) is 0. The number of hydrogen-bond donors (Lipinski definition) is 0. The van der Waals surface area contributed by atoms with E-state index in [-0.39, 0.29) is 12.1 Å². The molecule has 2 fully saturated rings. The first kappa shape index (κ1) is 13.7. The average molecular weight is 254 g/mol. The van der Waals surface area contributed by atoms with Crippen LogP contribution in [0.15, 0.2) is 0 Å². The number of amides is 1. The maximum atomic E-state index is 12.1. The van der Waals surface area contributed by atoms with Crippen molar-refractivity contribution < 1.29 is 9.53 Å². The Morgan fingerprint density at radius 1 is 1.11 bits per heavy atom. The molecule has 0 aromatic heterocycles. The second-order valence-corrected chi connectivity index (χ2v) is 6.76. The summed E-state index contributed by atoms with van der Waals surface area (Å²) in [4.78, 5) is 16.6. The van der Waals surface area contributed by atoms with Crippen molar-refractivity contribution in [2.75, 3.05) is 13.1 Å². The molecule has 1 amide bonds. The van der Waals surface area contributed by atoms with Gasteiger partial charge in [0, 0.05) is 31.2 Å². The first-order chi connectivity index (χ1) is 8.28. The van der Waals surface area contributed by atoms with Gasteiger partial charge >= 0.3 is 6.09 Å². The zero-order valence-electron chi connectivity index (χ0n) is 12.3. The lowest BCUT2D eigenvalue weighted by Crippen LogP contribution is -2.59. The van der Waals surface area contributed by atoms with Crippen LogP contribution in [0.4, 0.5) is 4.79 Å². The molecule has 4 heteroatoms. The van der Waals surface area contributed by atoms with Crippen LogP contribution in [0.25, 0.3) is 0 Å². The highest BCUT2D eigenvalue weighted by molar-refractivity contribution is 5.68. The van der Waals surface area contributed by atoms with Gasteiger partial charge in [-0.15, -0.1) is 0 Å². The number of ether oxygens (including phenoxy) is 1. The highest BCUT2D eigenvalue weighted by atomic mass is 16.6. The summed E-state index contributed by atoms with van der Waals surface area (Å²) in [6, 6.07) is 1.46. The van der Waals surface area contributed by atoms with Crippen molar-refractivity contribution in [2.24, 2.45) is 0 Å². The first-order valence-corrected chi connectivity index (χ1v) is 7.03. The maximum Gasteiger partial charge on any atom is 0.410 e. The van der Waals surface area contributed by atoms with E-state index in [1.54, 1.807) is 0 Å².